The summed E-state index contributed by atoms with van der Waals surface area (Å²) in [6.45, 7) is 2.80. The molecule has 2 aromatic carbocycles. The van der Waals surface area contributed by atoms with Gasteiger partial charge >= 0.3 is 0 Å². The van der Waals surface area contributed by atoms with Crippen LogP contribution in [0.5, 0.6) is 0 Å². The Balaban J connectivity index is 2.27. The van der Waals surface area contributed by atoms with Gasteiger partial charge in [-0.1, -0.05) is 66.7 Å². The molecule has 0 aliphatic heterocycles. The second-order valence-corrected chi connectivity index (χ2v) is 9.48. The summed E-state index contributed by atoms with van der Waals surface area (Å²) in [5, 5.41) is 4.75. The molecule has 0 saturated carbocycles. The van der Waals surface area contributed by atoms with E-state index in [1.807, 2.05) is 0 Å². The Hall–Kier alpha value is -1.68. The SMILES string of the molecule is CCO[Si](c1ccccc1)(c1ccccc1)c1cccs1. The lowest BCUT2D eigenvalue weighted by Gasteiger charge is -2.31. The largest absolute Gasteiger partial charge is 0.404 e. The third kappa shape index (κ3) is 2.60. The Kier molecular flexibility index (Phi) is 4.34. The van der Waals surface area contributed by atoms with Crippen molar-refractivity contribution in [1.29, 1.82) is 0 Å². The van der Waals surface area contributed by atoms with Crippen LogP contribution in [0.1, 0.15) is 6.92 Å². The van der Waals surface area contributed by atoms with Crippen molar-refractivity contribution in [2.45, 2.75) is 6.92 Å². The summed E-state index contributed by atoms with van der Waals surface area (Å²) >= 11 is 1.80. The molecular formula is C18H18OSSi. The van der Waals surface area contributed by atoms with Gasteiger partial charge in [-0.2, -0.15) is 11.3 Å². The predicted octanol–water partition coefficient (Wildman–Crippen LogP) is 2.75. The standard InChI is InChI=1S/C18H18OSSi/c1-2-19-21(18-14-9-15-20-18,16-10-5-3-6-11-16)17-12-7-4-8-13-17/h3-15H,2H2,1H3. The summed E-state index contributed by atoms with van der Waals surface area (Å²) in [7, 11) is -2.35. The molecule has 0 spiro atoms. The molecule has 0 fully saturated rings. The maximum atomic E-state index is 6.50. The van der Waals surface area contributed by atoms with E-state index in [9.17, 15) is 0 Å². The molecule has 1 heterocycles. The Morgan fingerprint density at radius 1 is 0.810 bits per heavy atom. The number of benzene rings is 2. The van der Waals surface area contributed by atoms with E-state index in [-0.39, 0.29) is 0 Å². The predicted molar refractivity (Wildman–Crippen MR) is 93.5 cm³/mol. The van der Waals surface area contributed by atoms with Crippen molar-refractivity contribution in [3.05, 3.63) is 78.2 Å². The Morgan fingerprint density at radius 3 is 1.81 bits per heavy atom. The van der Waals surface area contributed by atoms with Crippen molar-refractivity contribution in [2.24, 2.45) is 0 Å². The summed E-state index contributed by atoms with van der Waals surface area (Å²) in [5.74, 6) is 0. The summed E-state index contributed by atoms with van der Waals surface area (Å²) in [6, 6.07) is 25.7. The molecule has 0 atom stereocenters. The minimum Gasteiger partial charge on any atom is -0.404 e. The van der Waals surface area contributed by atoms with Crippen molar-refractivity contribution in [2.75, 3.05) is 6.61 Å². The first kappa shape index (κ1) is 14.3. The number of thiophene rings is 1. The highest BCUT2D eigenvalue weighted by Gasteiger charge is 2.42. The fourth-order valence-electron chi connectivity index (χ4n) is 2.73. The fraction of sp³-hybridized carbons (Fsp3) is 0.111. The third-order valence-electron chi connectivity index (χ3n) is 3.59. The Morgan fingerprint density at radius 2 is 1.38 bits per heavy atom. The van der Waals surface area contributed by atoms with Gasteiger partial charge in [-0.15, -0.1) is 0 Å². The highest BCUT2D eigenvalue weighted by molar-refractivity contribution is 7.30. The first-order valence-corrected chi connectivity index (χ1v) is 9.95. The van der Waals surface area contributed by atoms with E-state index in [0.717, 1.165) is 0 Å². The summed E-state index contributed by atoms with van der Waals surface area (Å²) in [6.07, 6.45) is 0. The molecule has 0 aliphatic carbocycles. The van der Waals surface area contributed by atoms with Crippen LogP contribution in [0.4, 0.5) is 0 Å². The molecule has 0 N–H and O–H groups in total. The normalized spacial score (nSPS) is 11.5. The maximum Gasteiger partial charge on any atom is 0.298 e. The van der Waals surface area contributed by atoms with Crippen LogP contribution in [0.15, 0.2) is 78.2 Å². The van der Waals surface area contributed by atoms with Gasteiger partial charge in [0.1, 0.15) is 0 Å². The van der Waals surface area contributed by atoms with E-state index in [1.54, 1.807) is 11.3 Å². The lowest BCUT2D eigenvalue weighted by atomic mass is 10.4. The van der Waals surface area contributed by atoms with Crippen molar-refractivity contribution in [1.82, 2.24) is 0 Å². The molecule has 3 aromatic rings. The zero-order valence-corrected chi connectivity index (χ0v) is 13.8. The average Bonchev–Trinajstić information content (AvgIpc) is 3.09. The molecule has 0 amide bonds. The molecule has 106 valence electrons. The van der Waals surface area contributed by atoms with Gasteiger partial charge in [0, 0.05) is 11.1 Å². The Labute approximate surface area is 131 Å². The van der Waals surface area contributed by atoms with Gasteiger partial charge in [0.15, 0.2) is 0 Å². The molecular weight excluding hydrogens is 292 g/mol. The minimum atomic E-state index is -2.35. The quantitative estimate of drug-likeness (QED) is 0.659. The molecule has 0 saturated heterocycles. The van der Waals surface area contributed by atoms with Gasteiger partial charge in [-0.05, 0) is 28.7 Å². The molecule has 3 heteroatoms. The highest BCUT2D eigenvalue weighted by atomic mass is 32.1. The van der Waals surface area contributed by atoms with E-state index in [4.69, 9.17) is 4.43 Å². The van der Waals surface area contributed by atoms with Crippen LogP contribution in [0.3, 0.4) is 0 Å². The first-order valence-electron chi connectivity index (χ1n) is 7.17. The molecule has 0 unspecified atom stereocenters. The van der Waals surface area contributed by atoms with E-state index >= 15 is 0 Å². The maximum absolute atomic E-state index is 6.50. The summed E-state index contributed by atoms with van der Waals surface area (Å²) in [4.78, 5) is 0. The topological polar surface area (TPSA) is 9.23 Å². The van der Waals surface area contributed by atoms with E-state index in [0.29, 0.717) is 6.61 Å². The van der Waals surface area contributed by atoms with Crippen LogP contribution >= 0.6 is 11.3 Å². The molecule has 0 aliphatic rings. The lowest BCUT2D eigenvalue weighted by Crippen LogP contribution is -2.68. The second-order valence-electron chi connectivity index (χ2n) is 4.82. The molecule has 1 aromatic heterocycles. The van der Waals surface area contributed by atoms with Gasteiger partial charge in [-0.3, -0.25) is 0 Å². The zero-order valence-electron chi connectivity index (χ0n) is 12.0. The van der Waals surface area contributed by atoms with Crippen molar-refractivity contribution < 1.29 is 4.43 Å². The molecule has 3 rings (SSSR count). The fourth-order valence-corrected chi connectivity index (χ4v) is 8.41. The van der Waals surface area contributed by atoms with Crippen molar-refractivity contribution in [3.8, 4) is 0 Å². The van der Waals surface area contributed by atoms with Crippen LogP contribution in [-0.4, -0.2) is 14.9 Å². The summed E-state index contributed by atoms with van der Waals surface area (Å²) < 4.78 is 7.84. The van der Waals surface area contributed by atoms with Crippen LogP contribution in [0.25, 0.3) is 0 Å². The van der Waals surface area contributed by atoms with Gasteiger partial charge in [0.2, 0.25) is 0 Å². The first-order chi connectivity index (χ1) is 10.4. The highest BCUT2D eigenvalue weighted by Crippen LogP contribution is 2.12. The van der Waals surface area contributed by atoms with Crippen molar-refractivity contribution in [3.63, 3.8) is 0 Å². The van der Waals surface area contributed by atoms with E-state index in [2.05, 4.69) is 85.1 Å². The van der Waals surface area contributed by atoms with Crippen LogP contribution in [0, 0.1) is 0 Å². The van der Waals surface area contributed by atoms with E-state index in [1.165, 1.54) is 14.9 Å². The number of rotatable bonds is 5. The minimum absolute atomic E-state index is 0.716. The van der Waals surface area contributed by atoms with Gasteiger partial charge < -0.3 is 4.43 Å². The lowest BCUT2D eigenvalue weighted by molar-refractivity contribution is 0.348. The zero-order chi connectivity index (χ0) is 14.5. The van der Waals surface area contributed by atoms with E-state index < -0.39 is 8.32 Å². The Bertz CT molecular complexity index is 625. The second kappa shape index (κ2) is 6.39. The van der Waals surface area contributed by atoms with Gasteiger partial charge in [0.25, 0.3) is 8.32 Å². The van der Waals surface area contributed by atoms with Crippen molar-refractivity contribution >= 4 is 34.5 Å². The molecule has 0 bridgehead atoms. The molecule has 1 nitrogen and oxygen atoms in total. The molecule has 21 heavy (non-hydrogen) atoms. The number of hydrogen-bond acceptors (Lipinski definition) is 2. The summed E-state index contributed by atoms with van der Waals surface area (Å²) in [5.41, 5.74) is 0. The van der Waals surface area contributed by atoms with Crippen LogP contribution < -0.4 is 14.9 Å². The third-order valence-corrected chi connectivity index (χ3v) is 9.36. The van der Waals surface area contributed by atoms with Gasteiger partial charge in [-0.25, -0.2) is 0 Å². The smallest absolute Gasteiger partial charge is 0.298 e. The molecule has 0 radical (unpaired) electrons. The number of hydrogen-bond donors (Lipinski definition) is 0. The average molecular weight is 310 g/mol. The van der Waals surface area contributed by atoms with Crippen LogP contribution in [-0.2, 0) is 4.43 Å². The monoisotopic (exact) mass is 310 g/mol. The van der Waals surface area contributed by atoms with Gasteiger partial charge in [0.05, 0.1) is 0 Å². The van der Waals surface area contributed by atoms with Crippen LogP contribution in [0.2, 0.25) is 0 Å².